The van der Waals surface area contributed by atoms with Crippen LogP contribution in [0.5, 0.6) is 0 Å². The fourth-order valence-electron chi connectivity index (χ4n) is 13.0. The van der Waals surface area contributed by atoms with Crippen molar-refractivity contribution in [2.45, 2.75) is 470 Å². The first kappa shape index (κ1) is 100. The molecule has 0 aliphatic carbocycles. The van der Waals surface area contributed by atoms with E-state index < -0.39 is 97.5 Å². The predicted molar refractivity (Wildman–Crippen MR) is 419 cm³/mol. The van der Waals surface area contributed by atoms with E-state index in [0.717, 1.165) is 89.9 Å². The number of ether oxygens (including phenoxy) is 4. The smallest absolute Gasteiger partial charge is 0.462 e. The lowest BCUT2D eigenvalue weighted by atomic mass is 10.0. The first-order valence-electron chi connectivity index (χ1n) is 43.3. The zero-order chi connectivity index (χ0) is 74.6. The summed E-state index contributed by atoms with van der Waals surface area (Å²) in [6.45, 7) is 5.03. The first-order valence-corrected chi connectivity index (χ1v) is 46.3. The quantitative estimate of drug-likeness (QED) is 0.0222. The highest BCUT2D eigenvalue weighted by molar-refractivity contribution is 7.47. The number of esters is 4. The fraction of sp³-hybridized carbons (Fsp3) is 0.952. The van der Waals surface area contributed by atoms with Gasteiger partial charge in [0, 0.05) is 25.7 Å². The van der Waals surface area contributed by atoms with Gasteiger partial charge in [-0.1, -0.05) is 400 Å². The molecule has 0 saturated heterocycles. The molecule has 2 unspecified atom stereocenters. The van der Waals surface area contributed by atoms with Crippen LogP contribution >= 0.6 is 15.6 Å². The molecule has 0 aliphatic heterocycles. The fourth-order valence-corrected chi connectivity index (χ4v) is 14.6. The third-order valence-corrected chi connectivity index (χ3v) is 21.5. The Kier molecular flexibility index (Phi) is 75.8. The molecule has 17 nitrogen and oxygen atoms in total. The van der Waals surface area contributed by atoms with Gasteiger partial charge in [0.25, 0.3) is 0 Å². The van der Waals surface area contributed by atoms with E-state index in [0.29, 0.717) is 25.7 Å². The van der Waals surface area contributed by atoms with E-state index in [1.165, 1.54) is 283 Å². The lowest BCUT2D eigenvalue weighted by molar-refractivity contribution is -0.161. The summed E-state index contributed by atoms with van der Waals surface area (Å²) in [5, 5.41) is 10.7. The molecule has 0 fully saturated rings. The van der Waals surface area contributed by atoms with Crippen molar-refractivity contribution in [3.05, 3.63) is 0 Å². The Morgan fingerprint density at radius 3 is 0.578 bits per heavy atom. The SMILES string of the molecule is CCCCCCCCCCCCCCCCCCCCCC(=O)O[C@H](COC(=O)CCCCCCCCCCCCCCCCCCC)COP(=O)(O)OC[C@@H](O)COP(=O)(O)OC[C@@H](COC(=O)CCCCCCCCCCC)OC(=O)CCCCCCCCCCCCCCCCCCC. The van der Waals surface area contributed by atoms with Gasteiger partial charge in [0.15, 0.2) is 12.2 Å². The Hall–Kier alpha value is -1.94. The van der Waals surface area contributed by atoms with Crippen LogP contribution in [0.3, 0.4) is 0 Å². The Balaban J connectivity index is 5.21. The second-order valence-electron chi connectivity index (χ2n) is 29.9. The first-order chi connectivity index (χ1) is 49.7. The number of hydrogen-bond acceptors (Lipinski definition) is 15. The van der Waals surface area contributed by atoms with E-state index in [9.17, 15) is 43.2 Å². The highest BCUT2D eigenvalue weighted by Crippen LogP contribution is 2.45. The molecule has 102 heavy (non-hydrogen) atoms. The van der Waals surface area contributed by atoms with Crippen molar-refractivity contribution in [3.63, 3.8) is 0 Å². The molecular formula is C83H162O17P2. The molecule has 5 atom stereocenters. The summed E-state index contributed by atoms with van der Waals surface area (Å²) in [6.07, 6.45) is 70.8. The number of carbonyl (C=O) groups excluding carboxylic acids is 4. The second-order valence-corrected chi connectivity index (χ2v) is 32.8. The van der Waals surface area contributed by atoms with Crippen molar-refractivity contribution in [1.82, 2.24) is 0 Å². The van der Waals surface area contributed by atoms with Gasteiger partial charge in [-0.25, -0.2) is 9.13 Å². The molecule has 19 heteroatoms. The number of unbranched alkanes of at least 4 members (excludes halogenated alkanes) is 58. The maximum absolute atomic E-state index is 13.1. The van der Waals surface area contributed by atoms with Crippen LogP contribution in [-0.2, 0) is 65.4 Å². The number of hydrogen-bond donors (Lipinski definition) is 3. The normalized spacial score (nSPS) is 13.8. The van der Waals surface area contributed by atoms with Crippen LogP contribution in [0.1, 0.15) is 451 Å². The van der Waals surface area contributed by atoms with Gasteiger partial charge in [0.2, 0.25) is 0 Å². The Morgan fingerprint density at radius 2 is 0.392 bits per heavy atom. The third kappa shape index (κ3) is 76.3. The van der Waals surface area contributed by atoms with Gasteiger partial charge in [0.05, 0.1) is 26.4 Å². The summed E-state index contributed by atoms with van der Waals surface area (Å²) in [5.41, 5.74) is 0. The predicted octanol–water partition coefficient (Wildman–Crippen LogP) is 25.4. The highest BCUT2D eigenvalue weighted by atomic mass is 31.2. The summed E-state index contributed by atoms with van der Waals surface area (Å²) in [7, 11) is -9.92. The summed E-state index contributed by atoms with van der Waals surface area (Å²) in [6, 6.07) is 0. The largest absolute Gasteiger partial charge is 0.472 e. The zero-order valence-electron chi connectivity index (χ0n) is 66.6. The minimum Gasteiger partial charge on any atom is -0.462 e. The van der Waals surface area contributed by atoms with Crippen LogP contribution in [0.25, 0.3) is 0 Å². The molecule has 3 N–H and O–H groups in total. The van der Waals surface area contributed by atoms with Gasteiger partial charge in [0.1, 0.15) is 19.3 Å². The number of aliphatic hydroxyl groups is 1. The third-order valence-electron chi connectivity index (χ3n) is 19.6. The van der Waals surface area contributed by atoms with Crippen molar-refractivity contribution in [3.8, 4) is 0 Å². The zero-order valence-corrected chi connectivity index (χ0v) is 68.4. The molecule has 0 radical (unpaired) electrons. The second kappa shape index (κ2) is 77.2. The molecule has 0 spiro atoms. The molecule has 0 aromatic carbocycles. The molecule has 0 aromatic rings. The number of phosphoric ester groups is 2. The molecule has 606 valence electrons. The molecular weight excluding hydrogens is 1330 g/mol. The van der Waals surface area contributed by atoms with Crippen LogP contribution in [-0.4, -0.2) is 96.7 Å². The lowest BCUT2D eigenvalue weighted by Gasteiger charge is -2.21. The van der Waals surface area contributed by atoms with Crippen molar-refractivity contribution in [2.24, 2.45) is 0 Å². The van der Waals surface area contributed by atoms with Gasteiger partial charge >= 0.3 is 39.5 Å². The van der Waals surface area contributed by atoms with E-state index >= 15 is 0 Å². The monoisotopic (exact) mass is 1490 g/mol. The van der Waals surface area contributed by atoms with Crippen LogP contribution in [0.4, 0.5) is 0 Å². The topological polar surface area (TPSA) is 237 Å². The average molecular weight is 1490 g/mol. The Labute approximate surface area is 626 Å². The van der Waals surface area contributed by atoms with E-state index in [1.54, 1.807) is 0 Å². The molecule has 0 bridgehead atoms. The van der Waals surface area contributed by atoms with Crippen molar-refractivity contribution in [1.29, 1.82) is 0 Å². The average Bonchev–Trinajstić information content (AvgIpc) is 0.936. The van der Waals surface area contributed by atoms with Gasteiger partial charge in [-0.2, -0.15) is 0 Å². The van der Waals surface area contributed by atoms with Gasteiger partial charge in [-0.15, -0.1) is 0 Å². The molecule has 0 aliphatic rings. The number of phosphoric acid groups is 2. The number of aliphatic hydroxyl groups excluding tert-OH is 1. The van der Waals surface area contributed by atoms with E-state index in [2.05, 4.69) is 27.7 Å². The maximum Gasteiger partial charge on any atom is 0.472 e. The Bertz CT molecular complexity index is 1930. The summed E-state index contributed by atoms with van der Waals surface area (Å²) in [4.78, 5) is 73.1. The minimum absolute atomic E-state index is 0.109. The summed E-state index contributed by atoms with van der Waals surface area (Å²) >= 11 is 0. The van der Waals surface area contributed by atoms with E-state index in [1.807, 2.05) is 0 Å². The molecule has 0 saturated carbocycles. The van der Waals surface area contributed by atoms with Gasteiger partial charge in [-0.3, -0.25) is 37.3 Å². The van der Waals surface area contributed by atoms with Crippen molar-refractivity contribution in [2.75, 3.05) is 39.6 Å². The van der Waals surface area contributed by atoms with E-state index in [4.69, 9.17) is 37.0 Å². The van der Waals surface area contributed by atoms with Crippen LogP contribution in [0.2, 0.25) is 0 Å². The van der Waals surface area contributed by atoms with E-state index in [-0.39, 0.29) is 25.7 Å². The molecule has 0 amide bonds. The van der Waals surface area contributed by atoms with Gasteiger partial charge in [-0.05, 0) is 25.7 Å². The van der Waals surface area contributed by atoms with Crippen molar-refractivity contribution < 1.29 is 80.2 Å². The van der Waals surface area contributed by atoms with Crippen LogP contribution in [0.15, 0.2) is 0 Å². The lowest BCUT2D eigenvalue weighted by Crippen LogP contribution is -2.30. The Morgan fingerprint density at radius 1 is 0.235 bits per heavy atom. The van der Waals surface area contributed by atoms with Gasteiger partial charge < -0.3 is 33.8 Å². The molecule has 0 aromatic heterocycles. The molecule has 0 heterocycles. The highest BCUT2D eigenvalue weighted by Gasteiger charge is 2.30. The molecule has 0 rings (SSSR count). The standard InChI is InChI=1S/C83H162O17P2/c1-5-9-13-17-21-25-28-31-34-37-38-41-44-47-50-54-58-62-66-70-83(88)100-79(74-94-81(86)68-64-60-56-52-48-45-42-39-35-32-29-26-22-18-14-10-6-2)76-98-102(91,92)96-72-77(84)71-95-101(89,90)97-75-78(73-93-80(85)67-63-59-55-51-24-20-16-12-8-4)99-82(87)69-65-61-57-53-49-46-43-40-36-33-30-27-23-19-15-11-7-3/h77-79,84H,5-76H2,1-4H3,(H,89,90)(H,91,92)/t77-,78+,79+/m0/s1. The van der Waals surface area contributed by atoms with Crippen LogP contribution in [0, 0.1) is 0 Å². The van der Waals surface area contributed by atoms with Crippen LogP contribution < -0.4 is 0 Å². The number of carbonyl (C=O) groups is 4. The number of rotatable bonds is 84. The summed E-state index contributed by atoms with van der Waals surface area (Å²) < 4.78 is 68.8. The van der Waals surface area contributed by atoms with Crippen molar-refractivity contribution >= 4 is 39.5 Å². The summed E-state index contributed by atoms with van der Waals surface area (Å²) in [5.74, 6) is -2.10. The minimum atomic E-state index is -4.96. The maximum atomic E-state index is 13.1.